The minimum atomic E-state index is -0.316. The molecule has 0 aliphatic carbocycles. The number of pyridine rings is 3. The SMILES string of the molecule is COc1ccc2ncc(F)c(CCN3CCC(C)(NCc4cc5c(cn4)OCCO5)CC3)c2n1.Cl.Cl. The van der Waals surface area contributed by atoms with E-state index < -0.39 is 0 Å². The van der Waals surface area contributed by atoms with Crippen LogP contribution in [0.1, 0.15) is 31.0 Å². The molecule has 0 unspecified atom stereocenters. The van der Waals surface area contributed by atoms with Crippen molar-refractivity contribution in [2.45, 2.75) is 38.3 Å². The van der Waals surface area contributed by atoms with Crippen LogP contribution in [0, 0.1) is 5.82 Å². The van der Waals surface area contributed by atoms with Gasteiger partial charge in [0.2, 0.25) is 5.88 Å². The normalized spacial score (nSPS) is 16.6. The molecule has 2 aliphatic heterocycles. The molecule has 0 bridgehead atoms. The summed E-state index contributed by atoms with van der Waals surface area (Å²) in [6, 6.07) is 5.52. The van der Waals surface area contributed by atoms with Crippen LogP contribution >= 0.6 is 24.8 Å². The number of hydrogen-bond donors (Lipinski definition) is 1. The molecule has 2 aliphatic rings. The lowest BCUT2D eigenvalue weighted by Gasteiger charge is -2.40. The summed E-state index contributed by atoms with van der Waals surface area (Å²) >= 11 is 0. The maximum absolute atomic E-state index is 14.6. The maximum Gasteiger partial charge on any atom is 0.213 e. The van der Waals surface area contributed by atoms with Crippen LogP contribution in [0.15, 0.2) is 30.6 Å². The van der Waals surface area contributed by atoms with Crippen molar-refractivity contribution in [3.8, 4) is 17.4 Å². The Bertz CT molecular complexity index is 1180. The lowest BCUT2D eigenvalue weighted by Crippen LogP contribution is -2.51. The van der Waals surface area contributed by atoms with Gasteiger partial charge in [0.1, 0.15) is 19.0 Å². The number of fused-ring (bicyclic) bond motifs is 2. The van der Waals surface area contributed by atoms with Gasteiger partial charge >= 0.3 is 0 Å². The first-order chi connectivity index (χ1) is 16.5. The number of hydrogen-bond acceptors (Lipinski definition) is 8. The highest BCUT2D eigenvalue weighted by Crippen LogP contribution is 2.30. The van der Waals surface area contributed by atoms with Gasteiger partial charge in [0.25, 0.3) is 0 Å². The largest absolute Gasteiger partial charge is 0.486 e. The highest BCUT2D eigenvalue weighted by molar-refractivity contribution is 5.85. The minimum absolute atomic E-state index is 0. The minimum Gasteiger partial charge on any atom is -0.486 e. The molecule has 0 radical (unpaired) electrons. The summed E-state index contributed by atoms with van der Waals surface area (Å²) in [5, 5.41) is 3.68. The third kappa shape index (κ3) is 6.26. The monoisotopic (exact) mass is 539 g/mol. The van der Waals surface area contributed by atoms with E-state index in [0.717, 1.165) is 43.9 Å². The zero-order valence-electron chi connectivity index (χ0n) is 20.5. The number of nitrogens with zero attached hydrogens (tertiary/aromatic N) is 4. The van der Waals surface area contributed by atoms with Crippen molar-refractivity contribution in [3.05, 3.63) is 47.7 Å². The van der Waals surface area contributed by atoms with Crippen LogP contribution in [0.2, 0.25) is 0 Å². The van der Waals surface area contributed by atoms with E-state index in [1.165, 1.54) is 6.20 Å². The molecule has 0 atom stereocenters. The van der Waals surface area contributed by atoms with Crippen LogP contribution in [0.4, 0.5) is 4.39 Å². The van der Waals surface area contributed by atoms with Gasteiger partial charge in [-0.15, -0.1) is 24.8 Å². The fraction of sp³-hybridized carbons (Fsp3) is 0.480. The maximum atomic E-state index is 14.6. The van der Waals surface area contributed by atoms with Gasteiger partial charge in [0, 0.05) is 36.3 Å². The molecular formula is C25H32Cl2FN5O3. The number of ether oxygens (including phenoxy) is 3. The third-order valence-electron chi connectivity index (χ3n) is 6.77. The van der Waals surface area contributed by atoms with Crippen LogP contribution < -0.4 is 19.5 Å². The first kappa shape index (κ1) is 28.1. The Balaban J connectivity index is 0.00000180. The lowest BCUT2D eigenvalue weighted by atomic mass is 9.89. The van der Waals surface area contributed by atoms with Crippen molar-refractivity contribution in [1.29, 1.82) is 0 Å². The van der Waals surface area contributed by atoms with Crippen LogP contribution in [-0.4, -0.2) is 65.3 Å². The molecule has 1 fully saturated rings. The van der Waals surface area contributed by atoms with Gasteiger partial charge in [0.05, 0.1) is 36.2 Å². The Hall–Kier alpha value is -2.46. The van der Waals surface area contributed by atoms with Gasteiger partial charge in [-0.1, -0.05) is 0 Å². The number of aromatic nitrogens is 3. The molecule has 1 saturated heterocycles. The number of nitrogens with one attached hydrogen (secondary N) is 1. The summed E-state index contributed by atoms with van der Waals surface area (Å²) in [6.45, 7) is 6.73. The Morgan fingerprint density at radius 3 is 2.58 bits per heavy atom. The molecule has 5 rings (SSSR count). The second kappa shape index (κ2) is 12.2. The summed E-state index contributed by atoms with van der Waals surface area (Å²) in [6.07, 6.45) is 5.61. The molecule has 3 aromatic heterocycles. The van der Waals surface area contributed by atoms with Crippen molar-refractivity contribution >= 4 is 35.8 Å². The average Bonchev–Trinajstić information content (AvgIpc) is 2.87. The second-order valence-corrected chi connectivity index (χ2v) is 9.13. The highest BCUT2D eigenvalue weighted by Gasteiger charge is 2.30. The molecular weight excluding hydrogens is 508 g/mol. The highest BCUT2D eigenvalue weighted by atomic mass is 35.5. The van der Waals surface area contributed by atoms with E-state index in [4.69, 9.17) is 14.2 Å². The molecule has 0 saturated carbocycles. The van der Waals surface area contributed by atoms with Crippen molar-refractivity contribution in [3.63, 3.8) is 0 Å². The number of likely N-dealkylation sites (tertiary alicyclic amines) is 1. The topological polar surface area (TPSA) is 81.6 Å². The van der Waals surface area contributed by atoms with E-state index in [0.29, 0.717) is 54.4 Å². The van der Waals surface area contributed by atoms with Gasteiger partial charge in [-0.3, -0.25) is 9.97 Å². The number of piperidine rings is 1. The van der Waals surface area contributed by atoms with E-state index in [-0.39, 0.29) is 36.2 Å². The van der Waals surface area contributed by atoms with Gasteiger partial charge < -0.3 is 24.4 Å². The van der Waals surface area contributed by atoms with Crippen molar-refractivity contribution in [2.75, 3.05) is 40.0 Å². The molecule has 5 heterocycles. The summed E-state index contributed by atoms with van der Waals surface area (Å²) in [5.41, 5.74) is 2.82. The van der Waals surface area contributed by atoms with Crippen LogP contribution in [0.3, 0.4) is 0 Å². The average molecular weight is 540 g/mol. The van der Waals surface area contributed by atoms with Gasteiger partial charge in [-0.25, -0.2) is 9.37 Å². The molecule has 0 amide bonds. The Labute approximate surface area is 222 Å². The van der Waals surface area contributed by atoms with Gasteiger partial charge in [0.15, 0.2) is 11.5 Å². The number of methoxy groups -OCH3 is 1. The predicted octanol–water partition coefficient (Wildman–Crippen LogP) is 3.97. The van der Waals surface area contributed by atoms with Crippen LogP contribution in [0.5, 0.6) is 17.4 Å². The standard InChI is InChI=1S/C25H30FN5O3.2ClH/c1-25(29-14-17-13-21-22(16-27-17)34-12-11-33-21)6-9-31(10-7-25)8-5-18-19(26)15-28-20-3-4-23(32-2)30-24(18)20;;/h3-4,13,15-16,29H,5-12,14H2,1-2H3;2*1H. The van der Waals surface area contributed by atoms with Crippen molar-refractivity contribution < 1.29 is 18.6 Å². The Morgan fingerprint density at radius 1 is 1.08 bits per heavy atom. The smallest absolute Gasteiger partial charge is 0.213 e. The molecule has 3 aromatic rings. The molecule has 1 N–H and O–H groups in total. The van der Waals surface area contributed by atoms with Crippen molar-refractivity contribution in [1.82, 2.24) is 25.2 Å². The summed E-state index contributed by atoms with van der Waals surface area (Å²) < 4.78 is 31.0. The first-order valence-electron chi connectivity index (χ1n) is 11.7. The predicted molar refractivity (Wildman–Crippen MR) is 140 cm³/mol. The molecule has 196 valence electrons. The zero-order valence-corrected chi connectivity index (χ0v) is 22.1. The van der Waals surface area contributed by atoms with Crippen LogP contribution in [0.25, 0.3) is 11.0 Å². The summed E-state index contributed by atoms with van der Waals surface area (Å²) in [7, 11) is 1.56. The van der Waals surface area contributed by atoms with E-state index in [2.05, 4.69) is 32.1 Å². The molecule has 36 heavy (non-hydrogen) atoms. The molecule has 0 spiro atoms. The van der Waals surface area contributed by atoms with Crippen molar-refractivity contribution in [2.24, 2.45) is 0 Å². The van der Waals surface area contributed by atoms with Crippen LogP contribution in [-0.2, 0) is 13.0 Å². The van der Waals surface area contributed by atoms with E-state index in [1.54, 1.807) is 19.4 Å². The second-order valence-electron chi connectivity index (χ2n) is 9.13. The quantitative estimate of drug-likeness (QED) is 0.482. The van der Waals surface area contributed by atoms with E-state index >= 15 is 0 Å². The molecule has 11 heteroatoms. The Kier molecular flexibility index (Phi) is 9.52. The first-order valence-corrected chi connectivity index (χ1v) is 11.7. The fourth-order valence-electron chi connectivity index (χ4n) is 4.54. The van der Waals surface area contributed by atoms with Gasteiger partial charge in [-0.05, 0) is 45.3 Å². The summed E-state index contributed by atoms with van der Waals surface area (Å²) in [4.78, 5) is 15.5. The zero-order chi connectivity index (χ0) is 23.5. The lowest BCUT2D eigenvalue weighted by molar-refractivity contribution is 0.145. The summed E-state index contributed by atoms with van der Waals surface area (Å²) in [5.74, 6) is 1.62. The number of halogens is 3. The van der Waals surface area contributed by atoms with Gasteiger partial charge in [-0.2, -0.15) is 0 Å². The molecule has 0 aromatic carbocycles. The fourth-order valence-corrected chi connectivity index (χ4v) is 4.54. The van der Waals surface area contributed by atoms with E-state index in [1.807, 2.05) is 12.1 Å². The Morgan fingerprint density at radius 2 is 1.83 bits per heavy atom. The molecule has 8 nitrogen and oxygen atoms in total. The van der Waals surface area contributed by atoms with E-state index in [9.17, 15) is 4.39 Å². The number of rotatable bonds is 7. The third-order valence-corrected chi connectivity index (χ3v) is 6.77.